The van der Waals surface area contributed by atoms with E-state index < -0.39 is 5.97 Å². The zero-order chi connectivity index (χ0) is 14.4. The fourth-order valence-electron chi connectivity index (χ4n) is 3.15. The second kappa shape index (κ2) is 7.85. The molecule has 1 aliphatic carbocycles. The van der Waals surface area contributed by atoms with Crippen LogP contribution in [0.15, 0.2) is 0 Å². The second-order valence-electron chi connectivity index (χ2n) is 5.92. The minimum Gasteiger partial charge on any atom is -0.481 e. The van der Waals surface area contributed by atoms with E-state index in [-0.39, 0.29) is 12.0 Å². The first-order valence-corrected chi connectivity index (χ1v) is 7.48. The summed E-state index contributed by atoms with van der Waals surface area (Å²) < 4.78 is 5.19. The third-order valence-electron chi connectivity index (χ3n) is 4.53. The van der Waals surface area contributed by atoms with Crippen LogP contribution < -0.4 is 0 Å². The maximum atomic E-state index is 11.5. The van der Waals surface area contributed by atoms with E-state index in [1.165, 1.54) is 0 Å². The van der Waals surface area contributed by atoms with Crippen molar-refractivity contribution in [3.05, 3.63) is 0 Å². The summed E-state index contributed by atoms with van der Waals surface area (Å²) in [4.78, 5) is 13.9. The summed E-state index contributed by atoms with van der Waals surface area (Å²) in [6.45, 7) is 8.07. The van der Waals surface area contributed by atoms with E-state index in [9.17, 15) is 9.90 Å². The summed E-state index contributed by atoms with van der Waals surface area (Å²) in [5.74, 6) is -0.237. The highest BCUT2D eigenvalue weighted by Gasteiger charge is 2.38. The lowest BCUT2D eigenvalue weighted by Gasteiger charge is -2.43. The van der Waals surface area contributed by atoms with Crippen LogP contribution in [-0.2, 0) is 9.53 Å². The molecule has 1 saturated carbocycles. The summed E-state index contributed by atoms with van der Waals surface area (Å²) in [5, 5.41) is 9.47. The minimum absolute atomic E-state index is 0.159. The average molecular weight is 271 g/mol. The van der Waals surface area contributed by atoms with Gasteiger partial charge >= 0.3 is 5.97 Å². The Morgan fingerprint density at radius 1 is 1.47 bits per heavy atom. The van der Waals surface area contributed by atoms with Crippen molar-refractivity contribution in [3.8, 4) is 0 Å². The highest BCUT2D eigenvalue weighted by atomic mass is 16.5. The quantitative estimate of drug-likeness (QED) is 0.773. The number of aliphatic carboxylic acids is 1. The Hall–Kier alpha value is -0.610. The molecule has 1 rings (SSSR count). The van der Waals surface area contributed by atoms with Gasteiger partial charge < -0.3 is 9.84 Å². The maximum absolute atomic E-state index is 11.5. The molecule has 0 radical (unpaired) electrons. The van der Waals surface area contributed by atoms with E-state index in [1.807, 2.05) is 0 Å². The zero-order valence-electron chi connectivity index (χ0n) is 12.8. The van der Waals surface area contributed by atoms with Crippen LogP contribution in [0.25, 0.3) is 0 Å². The van der Waals surface area contributed by atoms with E-state index in [1.54, 1.807) is 7.11 Å². The Morgan fingerprint density at radius 3 is 2.68 bits per heavy atom. The van der Waals surface area contributed by atoms with E-state index >= 15 is 0 Å². The maximum Gasteiger partial charge on any atom is 0.308 e. The normalized spacial score (nSPS) is 29.4. The van der Waals surface area contributed by atoms with E-state index in [4.69, 9.17) is 4.74 Å². The number of rotatable bonds is 7. The van der Waals surface area contributed by atoms with Crippen LogP contribution >= 0.6 is 0 Å². The molecular weight excluding hydrogens is 242 g/mol. The van der Waals surface area contributed by atoms with Crippen LogP contribution in [-0.4, -0.2) is 48.3 Å². The highest BCUT2D eigenvalue weighted by Crippen LogP contribution is 2.33. The van der Waals surface area contributed by atoms with Gasteiger partial charge in [-0.15, -0.1) is 0 Å². The number of carboxylic acid groups (broad SMARTS) is 1. The molecule has 4 atom stereocenters. The van der Waals surface area contributed by atoms with Gasteiger partial charge in [0.25, 0.3) is 0 Å². The third-order valence-corrected chi connectivity index (χ3v) is 4.53. The molecule has 0 aromatic heterocycles. The fourth-order valence-corrected chi connectivity index (χ4v) is 3.15. The SMILES string of the molecule is CCC(C)N(CCOC)C1CC(C)CCC1C(=O)O. The number of ether oxygens (including phenoxy) is 1. The van der Waals surface area contributed by atoms with Crippen molar-refractivity contribution >= 4 is 5.97 Å². The molecule has 0 amide bonds. The van der Waals surface area contributed by atoms with Crippen LogP contribution in [0.2, 0.25) is 0 Å². The van der Waals surface area contributed by atoms with Crippen LogP contribution in [0.5, 0.6) is 0 Å². The molecule has 1 aliphatic rings. The minimum atomic E-state index is -0.636. The van der Waals surface area contributed by atoms with Gasteiger partial charge in [-0.25, -0.2) is 0 Å². The summed E-state index contributed by atoms with van der Waals surface area (Å²) >= 11 is 0. The lowest BCUT2D eigenvalue weighted by atomic mass is 9.77. The molecular formula is C15H29NO3. The Labute approximate surface area is 117 Å². The van der Waals surface area contributed by atoms with Crippen molar-refractivity contribution in [1.82, 2.24) is 4.90 Å². The Bertz CT molecular complexity index is 283. The monoisotopic (exact) mass is 271 g/mol. The second-order valence-corrected chi connectivity index (χ2v) is 5.92. The van der Waals surface area contributed by atoms with Crippen molar-refractivity contribution in [2.75, 3.05) is 20.3 Å². The summed E-state index contributed by atoms with van der Waals surface area (Å²) in [7, 11) is 1.70. The molecule has 19 heavy (non-hydrogen) atoms. The Balaban J connectivity index is 2.84. The van der Waals surface area contributed by atoms with Crippen molar-refractivity contribution < 1.29 is 14.6 Å². The largest absolute Gasteiger partial charge is 0.481 e. The molecule has 112 valence electrons. The van der Waals surface area contributed by atoms with Gasteiger partial charge in [0, 0.05) is 25.7 Å². The van der Waals surface area contributed by atoms with Crippen molar-refractivity contribution in [1.29, 1.82) is 0 Å². The number of hydrogen-bond acceptors (Lipinski definition) is 3. The van der Waals surface area contributed by atoms with Crippen LogP contribution in [0.3, 0.4) is 0 Å². The van der Waals surface area contributed by atoms with E-state index in [0.717, 1.165) is 32.2 Å². The topological polar surface area (TPSA) is 49.8 Å². The van der Waals surface area contributed by atoms with Crippen LogP contribution in [0.1, 0.15) is 46.5 Å². The predicted molar refractivity (Wildman–Crippen MR) is 76.3 cm³/mol. The van der Waals surface area contributed by atoms with Gasteiger partial charge in [-0.1, -0.05) is 13.8 Å². The van der Waals surface area contributed by atoms with Gasteiger partial charge in [-0.2, -0.15) is 0 Å². The molecule has 0 saturated heterocycles. The first kappa shape index (κ1) is 16.4. The molecule has 0 aliphatic heterocycles. The molecule has 0 spiro atoms. The molecule has 1 fully saturated rings. The molecule has 0 aromatic rings. The van der Waals surface area contributed by atoms with Crippen LogP contribution in [0.4, 0.5) is 0 Å². The first-order valence-electron chi connectivity index (χ1n) is 7.48. The van der Waals surface area contributed by atoms with Crippen molar-refractivity contribution in [2.45, 2.75) is 58.5 Å². The molecule has 4 nitrogen and oxygen atoms in total. The Morgan fingerprint density at radius 2 is 2.16 bits per heavy atom. The number of methoxy groups -OCH3 is 1. The first-order chi connectivity index (χ1) is 9.01. The van der Waals surface area contributed by atoms with Gasteiger partial charge in [-0.05, 0) is 38.5 Å². The molecule has 1 N–H and O–H groups in total. The van der Waals surface area contributed by atoms with Gasteiger partial charge in [0.15, 0.2) is 0 Å². The van der Waals surface area contributed by atoms with E-state index in [0.29, 0.717) is 18.6 Å². The highest BCUT2D eigenvalue weighted by molar-refractivity contribution is 5.71. The smallest absolute Gasteiger partial charge is 0.308 e. The third kappa shape index (κ3) is 4.46. The standard InChI is InChI=1S/C15H29NO3/c1-5-12(3)16(8-9-19-4)14-10-11(2)6-7-13(14)15(17)18/h11-14H,5-10H2,1-4H3,(H,17,18). The van der Waals surface area contributed by atoms with Gasteiger partial charge in [0.05, 0.1) is 12.5 Å². The Kier molecular flexibility index (Phi) is 6.80. The average Bonchev–Trinajstić information content (AvgIpc) is 2.38. The summed E-state index contributed by atoms with van der Waals surface area (Å²) in [5.41, 5.74) is 0. The van der Waals surface area contributed by atoms with Crippen molar-refractivity contribution in [2.24, 2.45) is 11.8 Å². The molecule has 4 heteroatoms. The van der Waals surface area contributed by atoms with Gasteiger partial charge in [0.1, 0.15) is 0 Å². The van der Waals surface area contributed by atoms with Crippen molar-refractivity contribution in [3.63, 3.8) is 0 Å². The molecule has 0 heterocycles. The van der Waals surface area contributed by atoms with Crippen LogP contribution in [0, 0.1) is 11.8 Å². The number of hydrogen-bond donors (Lipinski definition) is 1. The number of carbonyl (C=O) groups is 1. The molecule has 4 unspecified atom stereocenters. The lowest BCUT2D eigenvalue weighted by Crippen LogP contribution is -2.51. The zero-order valence-corrected chi connectivity index (χ0v) is 12.8. The number of nitrogens with zero attached hydrogens (tertiary/aromatic N) is 1. The van der Waals surface area contributed by atoms with E-state index in [2.05, 4.69) is 25.7 Å². The van der Waals surface area contributed by atoms with Gasteiger partial charge in [-0.3, -0.25) is 9.69 Å². The molecule has 0 bridgehead atoms. The fraction of sp³-hybridized carbons (Fsp3) is 0.933. The predicted octanol–water partition coefficient (Wildman–Crippen LogP) is 2.62. The van der Waals surface area contributed by atoms with Gasteiger partial charge in [0.2, 0.25) is 0 Å². The number of carboxylic acids is 1. The summed E-state index contributed by atoms with van der Waals surface area (Å²) in [6.07, 6.45) is 3.87. The lowest BCUT2D eigenvalue weighted by molar-refractivity contribution is -0.147. The molecule has 0 aromatic carbocycles. The summed E-state index contributed by atoms with van der Waals surface area (Å²) in [6, 6.07) is 0.568.